The molecule has 0 bridgehead atoms. The quantitative estimate of drug-likeness (QED) is 0.582. The molecule has 0 saturated heterocycles. The van der Waals surface area contributed by atoms with Crippen molar-refractivity contribution in [3.8, 4) is 29.1 Å². The van der Waals surface area contributed by atoms with E-state index >= 15 is 0 Å². The summed E-state index contributed by atoms with van der Waals surface area (Å²) in [5.41, 5.74) is 2.45. The van der Waals surface area contributed by atoms with Gasteiger partial charge in [-0.3, -0.25) is 9.69 Å². The molecule has 1 amide bonds. The number of benzene rings is 3. The molecule has 0 saturated carbocycles. The minimum absolute atomic E-state index is 0.241. The van der Waals surface area contributed by atoms with Crippen LogP contribution in [0.3, 0.4) is 0 Å². The maximum Gasteiger partial charge on any atom is 0.263 e. The molecule has 0 spiro atoms. The first kappa shape index (κ1) is 20.3. The fourth-order valence-corrected chi connectivity index (χ4v) is 3.60. The minimum Gasteiger partial charge on any atom is -0.497 e. The van der Waals surface area contributed by atoms with Gasteiger partial charge in [-0.1, -0.05) is 17.9 Å². The molecular weight excluding hydrogens is 397 g/mol. The largest absolute Gasteiger partial charge is 0.497 e. The minimum atomic E-state index is -0.555. The van der Waals surface area contributed by atoms with Gasteiger partial charge < -0.3 is 14.2 Å². The number of nitrogens with zero attached hydrogens (tertiary/aromatic N) is 1. The van der Waals surface area contributed by atoms with Gasteiger partial charge in [-0.15, -0.1) is 0 Å². The third-order valence-corrected chi connectivity index (χ3v) is 5.11. The van der Waals surface area contributed by atoms with Crippen LogP contribution >= 0.6 is 0 Å². The predicted octanol–water partition coefficient (Wildman–Crippen LogP) is 4.60. The van der Waals surface area contributed by atoms with E-state index < -0.39 is 6.04 Å². The third-order valence-electron chi connectivity index (χ3n) is 5.11. The molecular formula is C25H20FNO4. The zero-order chi connectivity index (χ0) is 22.0. The fraction of sp³-hybridized carbons (Fsp3) is 0.160. The molecule has 1 aliphatic rings. The Bertz CT molecular complexity index is 1180. The number of hydrogen-bond acceptors (Lipinski definition) is 4. The highest BCUT2D eigenvalue weighted by atomic mass is 19.1. The summed E-state index contributed by atoms with van der Waals surface area (Å²) in [5, 5.41) is 0. The Hall–Kier alpha value is -3.98. The Kier molecular flexibility index (Phi) is 5.50. The van der Waals surface area contributed by atoms with Gasteiger partial charge in [0.25, 0.3) is 5.91 Å². The van der Waals surface area contributed by atoms with Crippen LogP contribution in [-0.4, -0.2) is 27.2 Å². The summed E-state index contributed by atoms with van der Waals surface area (Å²) in [6, 6.07) is 16.1. The Labute approximate surface area is 180 Å². The average Bonchev–Trinajstić information content (AvgIpc) is 3.09. The Morgan fingerprint density at radius 1 is 0.871 bits per heavy atom. The van der Waals surface area contributed by atoms with Gasteiger partial charge in [0, 0.05) is 16.8 Å². The number of methoxy groups -OCH3 is 3. The molecule has 1 aliphatic heterocycles. The molecule has 0 unspecified atom stereocenters. The van der Waals surface area contributed by atoms with E-state index in [1.165, 1.54) is 26.4 Å². The predicted molar refractivity (Wildman–Crippen MR) is 115 cm³/mol. The van der Waals surface area contributed by atoms with Crippen LogP contribution in [0.15, 0.2) is 60.7 Å². The summed E-state index contributed by atoms with van der Waals surface area (Å²) < 4.78 is 29.4. The summed E-state index contributed by atoms with van der Waals surface area (Å²) in [7, 11) is 4.61. The molecule has 156 valence electrons. The maximum atomic E-state index is 13.5. The van der Waals surface area contributed by atoms with E-state index in [0.29, 0.717) is 39.6 Å². The number of amides is 1. The van der Waals surface area contributed by atoms with E-state index in [1.807, 2.05) is 6.07 Å². The second kappa shape index (κ2) is 8.41. The third kappa shape index (κ3) is 3.66. The van der Waals surface area contributed by atoms with Crippen LogP contribution in [0.2, 0.25) is 0 Å². The molecule has 31 heavy (non-hydrogen) atoms. The van der Waals surface area contributed by atoms with Gasteiger partial charge in [0.05, 0.1) is 26.9 Å². The molecule has 4 rings (SSSR count). The van der Waals surface area contributed by atoms with Crippen molar-refractivity contribution in [1.82, 2.24) is 0 Å². The lowest BCUT2D eigenvalue weighted by Crippen LogP contribution is -2.27. The van der Waals surface area contributed by atoms with Crippen molar-refractivity contribution in [2.45, 2.75) is 6.04 Å². The smallest absolute Gasteiger partial charge is 0.263 e. The number of carbonyl (C=O) groups excluding carboxylic acids is 1. The standard InChI is InChI=1S/C25H20FNO4/c1-29-19-11-9-18(10-12-19)27-21(14-6-16-4-7-17(26)8-5-16)20-13-15-22(30-2)24(31-3)23(20)25(27)28/h4-5,7-13,15,21H,1-3H3/t21-/m0/s1. The average molecular weight is 417 g/mol. The van der Waals surface area contributed by atoms with Gasteiger partial charge in [0.15, 0.2) is 11.5 Å². The number of rotatable bonds is 4. The Balaban J connectivity index is 1.85. The molecule has 0 aliphatic carbocycles. The zero-order valence-corrected chi connectivity index (χ0v) is 17.3. The molecule has 0 fully saturated rings. The van der Waals surface area contributed by atoms with Crippen molar-refractivity contribution in [2.24, 2.45) is 0 Å². The van der Waals surface area contributed by atoms with Crippen LogP contribution in [0.4, 0.5) is 10.1 Å². The van der Waals surface area contributed by atoms with Gasteiger partial charge >= 0.3 is 0 Å². The molecule has 5 nitrogen and oxygen atoms in total. The Morgan fingerprint density at radius 3 is 2.19 bits per heavy atom. The normalized spacial score (nSPS) is 14.5. The summed E-state index contributed by atoms with van der Waals surface area (Å²) in [5.74, 6) is 7.18. The van der Waals surface area contributed by atoms with Crippen LogP contribution in [0.25, 0.3) is 0 Å². The number of fused-ring (bicyclic) bond motifs is 1. The first-order valence-electron chi connectivity index (χ1n) is 9.57. The van der Waals surface area contributed by atoms with Crippen LogP contribution < -0.4 is 19.1 Å². The summed E-state index contributed by atoms with van der Waals surface area (Å²) in [6.07, 6.45) is 0. The van der Waals surface area contributed by atoms with Crippen molar-refractivity contribution in [3.63, 3.8) is 0 Å². The van der Waals surface area contributed by atoms with E-state index in [-0.39, 0.29) is 11.7 Å². The lowest BCUT2D eigenvalue weighted by Gasteiger charge is -2.21. The molecule has 6 heteroatoms. The van der Waals surface area contributed by atoms with Crippen LogP contribution in [0.5, 0.6) is 17.2 Å². The molecule has 1 atom stereocenters. The van der Waals surface area contributed by atoms with Crippen molar-refractivity contribution < 1.29 is 23.4 Å². The number of anilines is 1. The number of halogens is 1. The lowest BCUT2D eigenvalue weighted by atomic mass is 10.0. The van der Waals surface area contributed by atoms with Gasteiger partial charge in [-0.05, 0) is 54.6 Å². The van der Waals surface area contributed by atoms with Crippen molar-refractivity contribution in [3.05, 3.63) is 83.2 Å². The fourth-order valence-electron chi connectivity index (χ4n) is 3.60. The van der Waals surface area contributed by atoms with Crippen LogP contribution in [0.1, 0.15) is 27.5 Å². The van der Waals surface area contributed by atoms with E-state index in [0.717, 1.165) is 0 Å². The van der Waals surface area contributed by atoms with E-state index in [2.05, 4.69) is 11.8 Å². The number of carbonyl (C=O) groups is 1. The monoisotopic (exact) mass is 417 g/mol. The second-order valence-corrected chi connectivity index (χ2v) is 6.82. The molecule has 3 aromatic rings. The van der Waals surface area contributed by atoms with Crippen molar-refractivity contribution >= 4 is 11.6 Å². The van der Waals surface area contributed by atoms with Crippen LogP contribution in [0, 0.1) is 17.7 Å². The van der Waals surface area contributed by atoms with Crippen molar-refractivity contribution in [1.29, 1.82) is 0 Å². The Morgan fingerprint density at radius 2 is 1.58 bits per heavy atom. The zero-order valence-electron chi connectivity index (χ0n) is 17.3. The molecule has 1 heterocycles. The van der Waals surface area contributed by atoms with E-state index in [1.54, 1.807) is 54.5 Å². The number of hydrogen-bond donors (Lipinski definition) is 0. The summed E-state index contributed by atoms with van der Waals surface area (Å²) in [6.45, 7) is 0. The summed E-state index contributed by atoms with van der Waals surface area (Å²) in [4.78, 5) is 15.1. The highest BCUT2D eigenvalue weighted by molar-refractivity contribution is 6.14. The molecule has 0 N–H and O–H groups in total. The first-order valence-corrected chi connectivity index (χ1v) is 9.57. The topological polar surface area (TPSA) is 48.0 Å². The van der Waals surface area contributed by atoms with Gasteiger partial charge in [0.2, 0.25) is 0 Å². The van der Waals surface area contributed by atoms with E-state index in [4.69, 9.17) is 14.2 Å². The SMILES string of the molecule is COc1ccc(N2C(=O)c3c(ccc(OC)c3OC)[C@@H]2C#Cc2ccc(F)cc2)cc1. The van der Waals surface area contributed by atoms with Crippen LogP contribution in [-0.2, 0) is 0 Å². The molecule has 0 aromatic heterocycles. The maximum absolute atomic E-state index is 13.5. The first-order chi connectivity index (χ1) is 15.1. The molecule has 3 aromatic carbocycles. The molecule has 0 radical (unpaired) electrons. The second-order valence-electron chi connectivity index (χ2n) is 6.82. The highest BCUT2D eigenvalue weighted by Crippen LogP contribution is 2.45. The van der Waals surface area contributed by atoms with Gasteiger partial charge in [-0.2, -0.15) is 0 Å². The van der Waals surface area contributed by atoms with Crippen molar-refractivity contribution in [2.75, 3.05) is 26.2 Å². The lowest BCUT2D eigenvalue weighted by molar-refractivity contribution is 0.0991. The number of ether oxygens (including phenoxy) is 3. The van der Waals surface area contributed by atoms with Gasteiger partial charge in [0.1, 0.15) is 17.6 Å². The van der Waals surface area contributed by atoms with E-state index in [9.17, 15) is 9.18 Å². The summed E-state index contributed by atoms with van der Waals surface area (Å²) >= 11 is 0. The van der Waals surface area contributed by atoms with Gasteiger partial charge in [-0.25, -0.2) is 4.39 Å². The highest BCUT2D eigenvalue weighted by Gasteiger charge is 2.40.